The summed E-state index contributed by atoms with van der Waals surface area (Å²) in [6.07, 6.45) is 6.72. The molecule has 0 spiro atoms. The SMILES string of the molecule is C#CCN1C(=O)S/C(=C/c2cc(I)c(OCC(=O)[O-])c(OCC)c2)C1=O. The molecule has 1 aliphatic rings. The van der Waals surface area contributed by atoms with Crippen LogP contribution in [0.5, 0.6) is 11.5 Å². The van der Waals surface area contributed by atoms with Gasteiger partial charge in [-0.1, -0.05) is 5.92 Å². The summed E-state index contributed by atoms with van der Waals surface area (Å²) >= 11 is 2.77. The highest BCUT2D eigenvalue weighted by molar-refractivity contribution is 14.1. The number of thioether (sulfide) groups is 1. The molecule has 0 unspecified atom stereocenters. The second-order valence-electron chi connectivity index (χ2n) is 4.90. The molecule has 0 aromatic heterocycles. The van der Waals surface area contributed by atoms with E-state index in [2.05, 4.69) is 5.92 Å². The van der Waals surface area contributed by atoms with Gasteiger partial charge in [0.05, 0.1) is 27.6 Å². The zero-order valence-electron chi connectivity index (χ0n) is 13.6. The number of hydrogen-bond acceptors (Lipinski definition) is 7. The molecule has 2 amide bonds. The van der Waals surface area contributed by atoms with Crippen molar-refractivity contribution in [3.8, 4) is 23.8 Å². The van der Waals surface area contributed by atoms with Crippen molar-refractivity contribution >= 4 is 57.5 Å². The first-order valence-electron chi connectivity index (χ1n) is 7.35. The largest absolute Gasteiger partial charge is 0.546 e. The molecule has 0 saturated carbocycles. The number of halogens is 1. The number of terminal acetylenes is 1. The van der Waals surface area contributed by atoms with Crippen molar-refractivity contribution in [3.63, 3.8) is 0 Å². The second-order valence-corrected chi connectivity index (χ2v) is 7.05. The van der Waals surface area contributed by atoms with E-state index < -0.39 is 23.7 Å². The molecule has 7 nitrogen and oxygen atoms in total. The monoisotopic (exact) mass is 486 g/mol. The number of rotatable bonds is 7. The molecule has 9 heteroatoms. The van der Waals surface area contributed by atoms with Crippen molar-refractivity contribution < 1.29 is 29.0 Å². The summed E-state index contributed by atoms with van der Waals surface area (Å²) in [4.78, 5) is 35.9. The quantitative estimate of drug-likeness (QED) is 0.328. The molecule has 0 aliphatic carbocycles. The maximum Gasteiger partial charge on any atom is 0.294 e. The lowest BCUT2D eigenvalue weighted by atomic mass is 10.2. The summed E-state index contributed by atoms with van der Waals surface area (Å²) in [6.45, 7) is 1.41. The van der Waals surface area contributed by atoms with Crippen molar-refractivity contribution in [1.82, 2.24) is 4.90 Å². The third-order valence-electron chi connectivity index (χ3n) is 3.09. The molecular formula is C17H13INO6S-. The molecule has 1 saturated heterocycles. The summed E-state index contributed by atoms with van der Waals surface area (Å²) in [7, 11) is 0. The minimum atomic E-state index is -1.35. The van der Waals surface area contributed by atoms with Crippen LogP contribution < -0.4 is 14.6 Å². The van der Waals surface area contributed by atoms with E-state index in [1.807, 2.05) is 22.6 Å². The molecule has 1 aliphatic heterocycles. The van der Waals surface area contributed by atoms with Gasteiger partial charge in [-0.05, 0) is 65.0 Å². The lowest BCUT2D eigenvalue weighted by molar-refractivity contribution is -0.307. The Morgan fingerprint density at radius 3 is 2.77 bits per heavy atom. The van der Waals surface area contributed by atoms with Crippen LogP contribution in [-0.2, 0) is 9.59 Å². The summed E-state index contributed by atoms with van der Waals surface area (Å²) < 4.78 is 11.3. The predicted molar refractivity (Wildman–Crippen MR) is 102 cm³/mol. The van der Waals surface area contributed by atoms with Crippen LogP contribution in [0, 0.1) is 15.9 Å². The summed E-state index contributed by atoms with van der Waals surface area (Å²) in [5.74, 6) is 1.07. The Morgan fingerprint density at radius 2 is 2.15 bits per heavy atom. The first-order valence-corrected chi connectivity index (χ1v) is 9.24. The number of carbonyl (C=O) groups excluding carboxylic acids is 3. The van der Waals surface area contributed by atoms with Crippen LogP contribution in [-0.4, -0.2) is 41.8 Å². The van der Waals surface area contributed by atoms with E-state index in [0.29, 0.717) is 21.5 Å². The van der Waals surface area contributed by atoms with E-state index in [-0.39, 0.29) is 17.2 Å². The molecule has 2 rings (SSSR count). The first-order chi connectivity index (χ1) is 12.4. The fraction of sp³-hybridized carbons (Fsp3) is 0.235. The zero-order chi connectivity index (χ0) is 19.3. The number of carboxylic acids is 1. The van der Waals surface area contributed by atoms with Gasteiger partial charge in [-0.2, -0.15) is 0 Å². The van der Waals surface area contributed by atoms with Crippen molar-refractivity contribution in [3.05, 3.63) is 26.2 Å². The van der Waals surface area contributed by atoms with Gasteiger partial charge in [0.15, 0.2) is 11.5 Å². The van der Waals surface area contributed by atoms with Gasteiger partial charge >= 0.3 is 0 Å². The van der Waals surface area contributed by atoms with Crippen LogP contribution in [0.15, 0.2) is 17.0 Å². The maximum atomic E-state index is 12.2. The van der Waals surface area contributed by atoms with Crippen LogP contribution >= 0.6 is 34.4 Å². The third-order valence-corrected chi connectivity index (χ3v) is 4.80. The van der Waals surface area contributed by atoms with Crippen LogP contribution in [0.25, 0.3) is 6.08 Å². The molecule has 1 aromatic rings. The van der Waals surface area contributed by atoms with E-state index in [9.17, 15) is 19.5 Å². The Labute approximate surface area is 167 Å². The number of hydrogen-bond donors (Lipinski definition) is 0. The number of amides is 2. The molecule has 0 radical (unpaired) electrons. The fourth-order valence-electron chi connectivity index (χ4n) is 2.08. The Hall–Kier alpha value is -2.19. The number of nitrogens with zero attached hydrogens (tertiary/aromatic N) is 1. The van der Waals surface area contributed by atoms with Crippen molar-refractivity contribution in [2.75, 3.05) is 19.8 Å². The van der Waals surface area contributed by atoms with Crippen LogP contribution in [0.1, 0.15) is 12.5 Å². The maximum absolute atomic E-state index is 12.2. The molecule has 1 aromatic carbocycles. The highest BCUT2D eigenvalue weighted by atomic mass is 127. The molecule has 26 heavy (non-hydrogen) atoms. The summed E-state index contributed by atoms with van der Waals surface area (Å²) in [5, 5.41) is 10.2. The van der Waals surface area contributed by atoms with Gasteiger partial charge < -0.3 is 19.4 Å². The molecular weight excluding hydrogens is 473 g/mol. The Balaban J connectivity index is 2.36. The van der Waals surface area contributed by atoms with E-state index in [4.69, 9.17) is 15.9 Å². The molecule has 1 heterocycles. The lowest BCUT2D eigenvalue weighted by Crippen LogP contribution is -2.29. The molecule has 0 atom stereocenters. The van der Waals surface area contributed by atoms with E-state index in [1.165, 1.54) is 0 Å². The van der Waals surface area contributed by atoms with E-state index in [0.717, 1.165) is 16.7 Å². The van der Waals surface area contributed by atoms with E-state index in [1.54, 1.807) is 25.1 Å². The second kappa shape index (κ2) is 8.95. The first kappa shape index (κ1) is 20.1. The van der Waals surface area contributed by atoms with Crippen LogP contribution in [0.3, 0.4) is 0 Å². The highest BCUT2D eigenvalue weighted by Crippen LogP contribution is 2.37. The number of aliphatic carboxylic acids is 1. The average molecular weight is 486 g/mol. The minimum Gasteiger partial charge on any atom is -0.546 e. The minimum absolute atomic E-state index is 0.0836. The van der Waals surface area contributed by atoms with Crippen molar-refractivity contribution in [2.45, 2.75) is 6.92 Å². The molecule has 136 valence electrons. The van der Waals surface area contributed by atoms with Gasteiger partial charge in [-0.3, -0.25) is 14.5 Å². The van der Waals surface area contributed by atoms with Gasteiger partial charge in [-0.25, -0.2) is 0 Å². The van der Waals surface area contributed by atoms with Crippen molar-refractivity contribution in [2.24, 2.45) is 0 Å². The Bertz CT molecular complexity index is 829. The smallest absolute Gasteiger partial charge is 0.294 e. The number of carbonyl (C=O) groups is 3. The Kier molecular flexibility index (Phi) is 6.93. The normalized spacial score (nSPS) is 15.3. The molecule has 0 bridgehead atoms. The number of carboxylic acid groups (broad SMARTS) is 1. The third kappa shape index (κ3) is 4.70. The highest BCUT2D eigenvalue weighted by Gasteiger charge is 2.34. The van der Waals surface area contributed by atoms with Gasteiger partial charge in [0.25, 0.3) is 11.1 Å². The van der Waals surface area contributed by atoms with Gasteiger partial charge in [0.2, 0.25) is 0 Å². The van der Waals surface area contributed by atoms with Gasteiger partial charge in [0.1, 0.15) is 6.61 Å². The summed E-state index contributed by atoms with van der Waals surface area (Å²) in [5.41, 5.74) is 0.602. The topological polar surface area (TPSA) is 96.0 Å². The van der Waals surface area contributed by atoms with Crippen LogP contribution in [0.2, 0.25) is 0 Å². The standard InChI is InChI=1S/C17H14INO6S/c1-3-5-19-16(22)13(26-17(19)23)8-10-6-11(18)15(25-9-14(20)21)12(7-10)24-4-2/h1,6-8H,4-5,9H2,2H3,(H,20,21)/p-1/b13-8+. The number of benzene rings is 1. The number of ether oxygens (including phenoxy) is 2. The fourth-order valence-corrected chi connectivity index (χ4v) is 3.70. The Morgan fingerprint density at radius 1 is 1.42 bits per heavy atom. The van der Waals surface area contributed by atoms with Crippen LogP contribution in [0.4, 0.5) is 4.79 Å². The molecule has 0 N–H and O–H groups in total. The molecule has 1 fully saturated rings. The van der Waals surface area contributed by atoms with Gasteiger partial charge in [0, 0.05) is 0 Å². The average Bonchev–Trinajstić information content (AvgIpc) is 2.82. The lowest BCUT2D eigenvalue weighted by Gasteiger charge is -2.15. The summed E-state index contributed by atoms with van der Waals surface area (Å²) in [6, 6.07) is 3.29. The van der Waals surface area contributed by atoms with Crippen molar-refractivity contribution in [1.29, 1.82) is 0 Å². The predicted octanol–water partition coefficient (Wildman–Crippen LogP) is 1.49. The number of imide groups is 1. The van der Waals surface area contributed by atoms with Gasteiger partial charge in [-0.15, -0.1) is 6.42 Å². The van der Waals surface area contributed by atoms with E-state index >= 15 is 0 Å². The zero-order valence-corrected chi connectivity index (χ0v) is 16.6.